The van der Waals surface area contributed by atoms with E-state index in [1.54, 1.807) is 35.2 Å². The number of halogens is 1. The van der Waals surface area contributed by atoms with E-state index in [2.05, 4.69) is 15.5 Å². The fourth-order valence-electron chi connectivity index (χ4n) is 3.09. The minimum atomic E-state index is -0.538. The third-order valence-electron chi connectivity index (χ3n) is 4.41. The van der Waals surface area contributed by atoms with Crippen molar-refractivity contribution in [3.8, 4) is 11.7 Å². The largest absolute Gasteiger partial charge is 0.459 e. The van der Waals surface area contributed by atoms with Gasteiger partial charge in [-0.2, -0.15) is 0 Å². The molecule has 0 aliphatic rings. The molecule has 1 aromatic carbocycles. The van der Waals surface area contributed by atoms with Crippen molar-refractivity contribution in [3.63, 3.8) is 0 Å². The van der Waals surface area contributed by atoms with Crippen LogP contribution in [0.1, 0.15) is 44.2 Å². The lowest BCUT2D eigenvalue weighted by Gasteiger charge is -2.25. The Bertz CT molecular complexity index is 987. The SMILES string of the molecule is CCCN(Cc1nnc(-c2ccco2)o1)C(=O)CC(NC(C)=O)c1ccccc1Cl. The quantitative estimate of drug-likeness (QED) is 0.550. The normalized spacial score (nSPS) is 11.8. The van der Waals surface area contributed by atoms with Crippen LogP contribution >= 0.6 is 11.6 Å². The maximum absolute atomic E-state index is 13.1. The number of carbonyl (C=O) groups is 2. The summed E-state index contributed by atoms with van der Waals surface area (Å²) >= 11 is 6.29. The molecule has 30 heavy (non-hydrogen) atoms. The number of benzene rings is 1. The van der Waals surface area contributed by atoms with Crippen molar-refractivity contribution in [1.29, 1.82) is 0 Å². The summed E-state index contributed by atoms with van der Waals surface area (Å²) < 4.78 is 10.9. The van der Waals surface area contributed by atoms with E-state index in [1.165, 1.54) is 13.2 Å². The van der Waals surface area contributed by atoms with Gasteiger partial charge in [0.05, 0.1) is 25.3 Å². The Kier molecular flexibility index (Phi) is 7.24. The molecule has 0 spiro atoms. The zero-order valence-corrected chi connectivity index (χ0v) is 17.6. The number of amides is 2. The molecule has 1 atom stereocenters. The molecule has 2 heterocycles. The minimum Gasteiger partial charge on any atom is -0.459 e. The van der Waals surface area contributed by atoms with Gasteiger partial charge in [-0.15, -0.1) is 10.2 Å². The molecule has 9 heteroatoms. The number of furan rings is 1. The van der Waals surface area contributed by atoms with Crippen molar-refractivity contribution in [3.05, 3.63) is 59.1 Å². The lowest BCUT2D eigenvalue weighted by Crippen LogP contribution is -2.36. The Morgan fingerprint density at radius 2 is 2.00 bits per heavy atom. The predicted octanol–water partition coefficient (Wildman–Crippen LogP) is 3.99. The smallest absolute Gasteiger partial charge is 0.283 e. The van der Waals surface area contributed by atoms with Gasteiger partial charge in [0, 0.05) is 18.5 Å². The Balaban J connectivity index is 1.75. The molecule has 3 aromatic rings. The molecule has 0 saturated carbocycles. The van der Waals surface area contributed by atoms with Crippen LogP contribution in [0.15, 0.2) is 51.5 Å². The van der Waals surface area contributed by atoms with Gasteiger partial charge < -0.3 is 19.1 Å². The number of rotatable bonds is 9. The molecule has 0 saturated heterocycles. The second-order valence-corrected chi connectivity index (χ2v) is 7.18. The van der Waals surface area contributed by atoms with Crippen LogP contribution < -0.4 is 5.32 Å². The van der Waals surface area contributed by atoms with Crippen molar-refractivity contribution >= 4 is 23.4 Å². The maximum Gasteiger partial charge on any atom is 0.283 e. The monoisotopic (exact) mass is 430 g/mol. The van der Waals surface area contributed by atoms with Gasteiger partial charge in [-0.05, 0) is 30.2 Å². The average Bonchev–Trinajstić information content (AvgIpc) is 3.39. The lowest BCUT2D eigenvalue weighted by atomic mass is 10.0. The minimum absolute atomic E-state index is 0.0580. The topological polar surface area (TPSA) is 101 Å². The second kappa shape index (κ2) is 10.1. The molecule has 1 unspecified atom stereocenters. The molecule has 158 valence electrons. The van der Waals surface area contributed by atoms with Gasteiger partial charge in [0.1, 0.15) is 0 Å². The Hall–Kier alpha value is -3.13. The van der Waals surface area contributed by atoms with Gasteiger partial charge in [-0.3, -0.25) is 9.59 Å². The molecule has 0 radical (unpaired) electrons. The molecule has 0 aliphatic heterocycles. The van der Waals surface area contributed by atoms with E-state index in [-0.39, 0.29) is 30.7 Å². The average molecular weight is 431 g/mol. The lowest BCUT2D eigenvalue weighted by molar-refractivity contribution is -0.133. The van der Waals surface area contributed by atoms with E-state index in [4.69, 9.17) is 20.4 Å². The van der Waals surface area contributed by atoms with Crippen LogP contribution in [0.3, 0.4) is 0 Å². The van der Waals surface area contributed by atoms with Crippen molar-refractivity contribution in [2.45, 2.75) is 39.3 Å². The first-order chi connectivity index (χ1) is 14.5. The first kappa shape index (κ1) is 21.6. The number of nitrogens with one attached hydrogen (secondary N) is 1. The van der Waals surface area contributed by atoms with E-state index in [1.807, 2.05) is 13.0 Å². The fraction of sp³-hybridized carbons (Fsp3) is 0.333. The van der Waals surface area contributed by atoms with Crippen LogP contribution in [0.25, 0.3) is 11.7 Å². The standard InChI is InChI=1S/C21H23ClN4O4/c1-3-10-26(13-19-24-25-21(30-19)18-9-6-11-29-18)20(28)12-17(23-14(2)27)15-7-4-5-8-16(15)22/h4-9,11,17H,3,10,12-13H2,1-2H3,(H,23,27). The van der Waals surface area contributed by atoms with Crippen molar-refractivity contribution < 1.29 is 18.4 Å². The molecule has 3 rings (SSSR count). The molecule has 8 nitrogen and oxygen atoms in total. The van der Waals surface area contributed by atoms with Gasteiger partial charge in [0.2, 0.25) is 17.7 Å². The highest BCUT2D eigenvalue weighted by Crippen LogP contribution is 2.26. The van der Waals surface area contributed by atoms with Crippen LogP contribution in [-0.4, -0.2) is 33.5 Å². The second-order valence-electron chi connectivity index (χ2n) is 6.77. The Morgan fingerprint density at radius 1 is 1.20 bits per heavy atom. The summed E-state index contributed by atoms with van der Waals surface area (Å²) in [5.74, 6) is 0.623. The highest BCUT2D eigenvalue weighted by Gasteiger charge is 2.24. The Labute approximate surface area is 179 Å². The molecular weight excluding hydrogens is 408 g/mol. The number of nitrogens with zero attached hydrogens (tertiary/aromatic N) is 3. The van der Waals surface area contributed by atoms with E-state index in [9.17, 15) is 9.59 Å². The van der Waals surface area contributed by atoms with Gasteiger partial charge in [0.15, 0.2) is 5.76 Å². The molecule has 2 aromatic heterocycles. The van der Waals surface area contributed by atoms with Crippen LogP contribution in [0.4, 0.5) is 0 Å². The molecule has 2 amide bonds. The number of hydrogen-bond acceptors (Lipinski definition) is 6. The van der Waals surface area contributed by atoms with Crippen LogP contribution in [0.5, 0.6) is 0 Å². The van der Waals surface area contributed by atoms with E-state index in [0.717, 1.165) is 6.42 Å². The third-order valence-corrected chi connectivity index (χ3v) is 4.75. The van der Waals surface area contributed by atoms with Crippen molar-refractivity contribution in [2.75, 3.05) is 6.54 Å². The van der Waals surface area contributed by atoms with E-state index < -0.39 is 6.04 Å². The number of hydrogen-bond donors (Lipinski definition) is 1. The van der Waals surface area contributed by atoms with E-state index >= 15 is 0 Å². The molecule has 0 aliphatic carbocycles. The van der Waals surface area contributed by atoms with Gasteiger partial charge in [0.25, 0.3) is 5.89 Å². The first-order valence-corrected chi connectivity index (χ1v) is 10.0. The fourth-order valence-corrected chi connectivity index (χ4v) is 3.36. The van der Waals surface area contributed by atoms with Crippen LogP contribution in [0.2, 0.25) is 5.02 Å². The maximum atomic E-state index is 13.1. The van der Waals surface area contributed by atoms with Crippen molar-refractivity contribution in [1.82, 2.24) is 20.4 Å². The van der Waals surface area contributed by atoms with Gasteiger partial charge >= 0.3 is 0 Å². The summed E-state index contributed by atoms with van der Waals surface area (Å²) in [5.41, 5.74) is 0.692. The molecule has 1 N–H and O–H groups in total. The van der Waals surface area contributed by atoms with Crippen molar-refractivity contribution in [2.24, 2.45) is 0 Å². The Morgan fingerprint density at radius 3 is 2.67 bits per heavy atom. The van der Waals surface area contributed by atoms with Crippen LogP contribution in [0, 0.1) is 0 Å². The van der Waals surface area contributed by atoms with Gasteiger partial charge in [-0.1, -0.05) is 36.7 Å². The molecule has 0 fully saturated rings. The summed E-state index contributed by atoms with van der Waals surface area (Å²) in [6.07, 6.45) is 2.33. The summed E-state index contributed by atoms with van der Waals surface area (Å²) in [4.78, 5) is 26.4. The van der Waals surface area contributed by atoms with E-state index in [0.29, 0.717) is 28.8 Å². The number of aromatic nitrogens is 2. The zero-order valence-electron chi connectivity index (χ0n) is 16.8. The highest BCUT2D eigenvalue weighted by molar-refractivity contribution is 6.31. The molecular formula is C21H23ClN4O4. The third kappa shape index (κ3) is 5.48. The molecule has 0 bridgehead atoms. The predicted molar refractivity (Wildman–Crippen MR) is 110 cm³/mol. The summed E-state index contributed by atoms with van der Waals surface area (Å²) in [7, 11) is 0. The zero-order chi connectivity index (χ0) is 21.5. The summed E-state index contributed by atoms with van der Waals surface area (Å²) in [5, 5.41) is 11.3. The summed E-state index contributed by atoms with van der Waals surface area (Å²) in [6, 6.07) is 10.1. The highest BCUT2D eigenvalue weighted by atomic mass is 35.5. The summed E-state index contributed by atoms with van der Waals surface area (Å²) in [6.45, 7) is 4.05. The van der Waals surface area contributed by atoms with Crippen LogP contribution in [-0.2, 0) is 16.1 Å². The van der Waals surface area contributed by atoms with Gasteiger partial charge in [-0.25, -0.2) is 0 Å². The number of carbonyl (C=O) groups excluding carboxylic acids is 2. The first-order valence-electron chi connectivity index (χ1n) is 9.63.